The van der Waals surface area contributed by atoms with E-state index in [0.29, 0.717) is 0 Å². The maximum atomic E-state index is 7.22. The largest absolute Gasteiger partial charge is 0.456 e. The van der Waals surface area contributed by atoms with Gasteiger partial charge in [0.2, 0.25) is 0 Å². The minimum absolute atomic E-state index is 0.747. The van der Waals surface area contributed by atoms with Gasteiger partial charge in [-0.15, -0.1) is 0 Å². The molecule has 8 rings (SSSR count). The molecule has 0 bridgehead atoms. The van der Waals surface area contributed by atoms with Gasteiger partial charge in [-0.1, -0.05) is 267 Å². The van der Waals surface area contributed by atoms with Crippen molar-refractivity contribution in [2.75, 3.05) is 0 Å². The van der Waals surface area contributed by atoms with Crippen molar-refractivity contribution in [3.05, 3.63) is 273 Å². The van der Waals surface area contributed by atoms with Crippen LogP contribution in [-0.2, 0) is 0 Å². The summed E-state index contributed by atoms with van der Waals surface area (Å²) in [5, 5.41) is 0. The SMILES string of the molecule is C(=C\c1ccc(Oc2ccc(/C=C/c3ccccc3)c(/C=C/c3ccccc3)c2/C=C/c2ccccc2)c(/C=C/c2ccccc2)c1/C=C/c1ccccc1)/c1ccccc1. The Hall–Kier alpha value is -8.00. The van der Waals surface area contributed by atoms with E-state index in [4.69, 9.17) is 4.74 Å². The molecule has 61 heavy (non-hydrogen) atoms. The molecule has 8 aromatic carbocycles. The highest BCUT2D eigenvalue weighted by molar-refractivity contribution is 5.90. The smallest absolute Gasteiger partial charge is 0.135 e. The average molecular weight is 783 g/mol. The first kappa shape index (κ1) is 39.8. The van der Waals surface area contributed by atoms with E-state index >= 15 is 0 Å². The Morgan fingerprint density at radius 3 is 0.689 bits per heavy atom. The average Bonchev–Trinajstić information content (AvgIpc) is 3.33. The molecule has 0 aliphatic carbocycles. The van der Waals surface area contributed by atoms with Gasteiger partial charge < -0.3 is 4.74 Å². The van der Waals surface area contributed by atoms with Crippen LogP contribution in [-0.4, -0.2) is 0 Å². The van der Waals surface area contributed by atoms with Crippen LogP contribution in [0.4, 0.5) is 0 Å². The Labute approximate surface area is 360 Å². The van der Waals surface area contributed by atoms with Gasteiger partial charge in [-0.05, 0) is 67.8 Å². The summed E-state index contributed by atoms with van der Waals surface area (Å²) >= 11 is 0. The van der Waals surface area contributed by atoms with Crippen LogP contribution in [0, 0.1) is 0 Å². The summed E-state index contributed by atoms with van der Waals surface area (Å²) in [6.45, 7) is 0. The topological polar surface area (TPSA) is 9.23 Å². The highest BCUT2D eigenvalue weighted by Gasteiger charge is 2.16. The van der Waals surface area contributed by atoms with Gasteiger partial charge in [-0.25, -0.2) is 0 Å². The van der Waals surface area contributed by atoms with Crippen LogP contribution >= 0.6 is 0 Å². The fourth-order valence-corrected chi connectivity index (χ4v) is 7.04. The summed E-state index contributed by atoms with van der Waals surface area (Å²) in [4.78, 5) is 0. The summed E-state index contributed by atoms with van der Waals surface area (Å²) in [6, 6.07) is 71.0. The molecule has 1 heteroatoms. The van der Waals surface area contributed by atoms with Crippen molar-refractivity contribution in [3.63, 3.8) is 0 Å². The molecule has 0 fully saturated rings. The molecule has 0 amide bonds. The molecule has 0 spiro atoms. The monoisotopic (exact) mass is 782 g/mol. The van der Waals surface area contributed by atoms with Crippen LogP contribution in [0.15, 0.2) is 206 Å². The first-order valence-electron chi connectivity index (χ1n) is 20.7. The zero-order valence-electron chi connectivity index (χ0n) is 34.0. The standard InChI is InChI=1S/C60H46O/c1-7-19-47(20-8-1)31-37-53-39-45-59(57(43-35-51-27-15-5-16-28-51)55(53)41-33-49-23-11-3-12-24-49)61-60-46-40-54(38-32-48-21-9-2-10-22-48)56(42-34-50-25-13-4-14-26-50)58(60)44-36-52-29-17-6-18-30-52/h1-46H/b37-31+,38-32+,41-33+,42-34+,43-35+,44-36+. The molecule has 0 aromatic heterocycles. The first-order chi connectivity index (χ1) is 30.2. The summed E-state index contributed by atoms with van der Waals surface area (Å²) in [5.74, 6) is 1.49. The van der Waals surface area contributed by atoms with E-state index in [9.17, 15) is 0 Å². The molecule has 0 aliphatic rings. The van der Waals surface area contributed by atoms with Crippen LogP contribution < -0.4 is 4.74 Å². The summed E-state index contributed by atoms with van der Waals surface area (Å²) in [6.07, 6.45) is 26.2. The quantitative estimate of drug-likeness (QED) is 0.0999. The van der Waals surface area contributed by atoms with Gasteiger partial charge in [-0.2, -0.15) is 0 Å². The molecule has 0 heterocycles. The second-order valence-electron chi connectivity index (χ2n) is 14.5. The van der Waals surface area contributed by atoms with E-state index in [1.54, 1.807) is 0 Å². The second kappa shape index (κ2) is 20.6. The summed E-state index contributed by atoms with van der Waals surface area (Å²) in [7, 11) is 0. The number of hydrogen-bond donors (Lipinski definition) is 0. The number of hydrogen-bond acceptors (Lipinski definition) is 1. The van der Waals surface area contributed by atoms with E-state index in [0.717, 1.165) is 78.3 Å². The molecule has 1 nitrogen and oxygen atoms in total. The van der Waals surface area contributed by atoms with Crippen LogP contribution in [0.1, 0.15) is 66.8 Å². The van der Waals surface area contributed by atoms with Gasteiger partial charge >= 0.3 is 0 Å². The molecule has 0 saturated carbocycles. The van der Waals surface area contributed by atoms with Crippen molar-refractivity contribution in [1.82, 2.24) is 0 Å². The fourth-order valence-electron chi connectivity index (χ4n) is 7.04. The maximum absolute atomic E-state index is 7.22. The molecule has 0 N–H and O–H groups in total. The Bertz CT molecular complexity index is 2610. The lowest BCUT2D eigenvalue weighted by atomic mass is 9.95. The molecule has 0 aliphatic heterocycles. The van der Waals surface area contributed by atoms with E-state index in [1.807, 2.05) is 36.4 Å². The third-order valence-corrected chi connectivity index (χ3v) is 10.3. The highest BCUT2D eigenvalue weighted by Crippen LogP contribution is 2.38. The Morgan fingerprint density at radius 2 is 0.426 bits per heavy atom. The van der Waals surface area contributed by atoms with Crippen molar-refractivity contribution < 1.29 is 4.74 Å². The van der Waals surface area contributed by atoms with Crippen LogP contribution in [0.3, 0.4) is 0 Å². The minimum Gasteiger partial charge on any atom is -0.456 e. The Balaban J connectivity index is 1.32. The zero-order valence-corrected chi connectivity index (χ0v) is 34.0. The molecular weight excluding hydrogens is 737 g/mol. The Morgan fingerprint density at radius 1 is 0.197 bits per heavy atom. The number of ether oxygens (including phenoxy) is 1. The number of rotatable bonds is 14. The van der Waals surface area contributed by atoms with Crippen LogP contribution in [0.25, 0.3) is 72.9 Å². The van der Waals surface area contributed by atoms with Crippen molar-refractivity contribution in [1.29, 1.82) is 0 Å². The lowest BCUT2D eigenvalue weighted by Crippen LogP contribution is -1.97. The van der Waals surface area contributed by atoms with Gasteiger partial charge in [0, 0.05) is 11.1 Å². The molecule has 0 atom stereocenters. The summed E-state index contributed by atoms with van der Waals surface area (Å²) in [5.41, 5.74) is 12.9. The molecule has 292 valence electrons. The van der Waals surface area contributed by atoms with Gasteiger partial charge in [0.05, 0.1) is 0 Å². The predicted octanol–water partition coefficient (Wildman–Crippen LogP) is 16.5. The Kier molecular flexibility index (Phi) is 13.5. The second-order valence-corrected chi connectivity index (χ2v) is 14.5. The molecular formula is C60H46O. The van der Waals surface area contributed by atoms with Gasteiger partial charge in [0.1, 0.15) is 11.5 Å². The van der Waals surface area contributed by atoms with Crippen LogP contribution in [0.5, 0.6) is 11.5 Å². The van der Waals surface area contributed by atoms with Crippen LogP contribution in [0.2, 0.25) is 0 Å². The molecule has 0 unspecified atom stereocenters. The highest BCUT2D eigenvalue weighted by atomic mass is 16.5. The fraction of sp³-hybridized carbons (Fsp3) is 0. The third kappa shape index (κ3) is 11.1. The maximum Gasteiger partial charge on any atom is 0.135 e. The minimum atomic E-state index is 0.747. The van der Waals surface area contributed by atoms with Gasteiger partial charge in [-0.3, -0.25) is 0 Å². The van der Waals surface area contributed by atoms with E-state index in [-0.39, 0.29) is 0 Å². The summed E-state index contributed by atoms with van der Waals surface area (Å²) < 4.78 is 7.22. The number of benzene rings is 8. The van der Waals surface area contributed by atoms with Crippen molar-refractivity contribution in [2.45, 2.75) is 0 Å². The molecule has 0 saturated heterocycles. The predicted molar refractivity (Wildman–Crippen MR) is 265 cm³/mol. The molecule has 8 aromatic rings. The van der Waals surface area contributed by atoms with Crippen molar-refractivity contribution in [2.24, 2.45) is 0 Å². The van der Waals surface area contributed by atoms with E-state index < -0.39 is 0 Å². The van der Waals surface area contributed by atoms with Gasteiger partial charge in [0.15, 0.2) is 0 Å². The third-order valence-electron chi connectivity index (χ3n) is 10.3. The van der Waals surface area contributed by atoms with Crippen molar-refractivity contribution in [3.8, 4) is 11.5 Å². The first-order valence-corrected chi connectivity index (χ1v) is 20.7. The van der Waals surface area contributed by atoms with E-state index in [2.05, 4.69) is 243 Å². The zero-order chi connectivity index (χ0) is 41.3. The van der Waals surface area contributed by atoms with Crippen molar-refractivity contribution >= 4 is 72.9 Å². The van der Waals surface area contributed by atoms with E-state index in [1.165, 1.54) is 0 Å². The van der Waals surface area contributed by atoms with Gasteiger partial charge in [0.25, 0.3) is 0 Å². The molecule has 0 radical (unpaired) electrons. The normalized spacial score (nSPS) is 11.9. The lowest BCUT2D eigenvalue weighted by molar-refractivity contribution is 0.480. The lowest BCUT2D eigenvalue weighted by Gasteiger charge is -2.18.